The molecule has 0 radical (unpaired) electrons. The molecule has 0 bridgehead atoms. The minimum Gasteiger partial charge on any atom is -0.475 e. The van der Waals surface area contributed by atoms with E-state index in [1.165, 1.54) is 22.8 Å². The smallest absolute Gasteiger partial charge is 0.371 e. The Hall–Kier alpha value is -4.16. The van der Waals surface area contributed by atoms with Gasteiger partial charge in [-0.2, -0.15) is 0 Å². The van der Waals surface area contributed by atoms with Crippen LogP contribution in [0.3, 0.4) is 0 Å². The third-order valence-electron chi connectivity index (χ3n) is 10.5. The van der Waals surface area contributed by atoms with Gasteiger partial charge in [0.2, 0.25) is 5.76 Å². The molecule has 1 aliphatic heterocycles. The Morgan fingerprint density at radius 2 is 1.06 bits per heavy atom. The minimum absolute atomic E-state index is 0.0120. The van der Waals surface area contributed by atoms with Crippen LogP contribution in [-0.2, 0) is 14.3 Å². The molecule has 0 aliphatic carbocycles. The predicted octanol–water partition coefficient (Wildman–Crippen LogP) is 10.8. The lowest BCUT2D eigenvalue weighted by atomic mass is 9.58. The van der Waals surface area contributed by atoms with Crippen LogP contribution >= 0.6 is 0 Å². The highest BCUT2D eigenvalue weighted by Crippen LogP contribution is 2.55. The van der Waals surface area contributed by atoms with Crippen molar-refractivity contribution in [2.45, 2.75) is 112 Å². The number of aliphatic hydroxyl groups is 1. The molecule has 51 heavy (non-hydrogen) atoms. The molecule has 274 valence electrons. The molecular formula is C45H59NO5. The molecular weight excluding hydrogens is 634 g/mol. The first kappa shape index (κ1) is 39.6. The fourth-order valence-electron chi connectivity index (χ4n) is 7.71. The first-order valence-electron chi connectivity index (χ1n) is 18.2. The molecule has 0 saturated heterocycles. The first-order valence-corrected chi connectivity index (χ1v) is 18.2. The summed E-state index contributed by atoms with van der Waals surface area (Å²) in [5.41, 5.74) is 4.58. The Balaban J connectivity index is 1.62. The van der Waals surface area contributed by atoms with Gasteiger partial charge in [-0.3, -0.25) is 4.79 Å². The van der Waals surface area contributed by atoms with E-state index in [1.807, 2.05) is 12.1 Å². The van der Waals surface area contributed by atoms with E-state index in [0.29, 0.717) is 17.5 Å². The molecule has 1 heterocycles. The summed E-state index contributed by atoms with van der Waals surface area (Å²) in [6.45, 7) is 23.7. The van der Waals surface area contributed by atoms with Gasteiger partial charge >= 0.3 is 5.97 Å². The summed E-state index contributed by atoms with van der Waals surface area (Å²) in [4.78, 5) is 24.3. The monoisotopic (exact) mass is 693 g/mol. The maximum atomic E-state index is 12.9. The average Bonchev–Trinajstić information content (AvgIpc) is 3.05. The number of carboxylic acids is 1. The van der Waals surface area contributed by atoms with Crippen LogP contribution < -0.4 is 5.32 Å². The number of rotatable bonds is 13. The molecule has 1 aliphatic rings. The Bertz CT molecular complexity index is 1690. The van der Waals surface area contributed by atoms with Crippen LogP contribution in [0.25, 0.3) is 0 Å². The van der Waals surface area contributed by atoms with E-state index in [-0.39, 0.29) is 33.3 Å². The van der Waals surface area contributed by atoms with Crippen molar-refractivity contribution in [2.24, 2.45) is 21.7 Å². The molecule has 6 nitrogen and oxygen atoms in total. The number of amides is 1. The molecule has 3 aromatic rings. The number of aliphatic carboxylic acids is 1. The van der Waals surface area contributed by atoms with Crippen LogP contribution in [0.1, 0.15) is 123 Å². The van der Waals surface area contributed by atoms with Crippen LogP contribution in [0.2, 0.25) is 0 Å². The molecule has 0 spiro atoms. The third-order valence-corrected chi connectivity index (χ3v) is 10.5. The Morgan fingerprint density at radius 3 is 1.51 bits per heavy atom. The second kappa shape index (κ2) is 15.6. The highest BCUT2D eigenvalue weighted by atomic mass is 16.5. The molecule has 4 rings (SSSR count). The summed E-state index contributed by atoms with van der Waals surface area (Å²) in [6, 6.07) is 30.0. The molecule has 4 atom stereocenters. The van der Waals surface area contributed by atoms with Gasteiger partial charge in [0.15, 0.2) is 5.76 Å². The highest BCUT2D eigenvalue weighted by molar-refractivity contribution is 6.03. The normalized spacial score (nSPS) is 17.4. The largest absolute Gasteiger partial charge is 0.475 e. The summed E-state index contributed by atoms with van der Waals surface area (Å²) >= 11 is 0. The lowest BCUT2D eigenvalue weighted by molar-refractivity contribution is -0.136. The standard InChI is InChI=1S/C45H59NO5/c1-42(2,3)27-36(30-17-13-11-14-18-30)45(9,10)29-37(31-19-15-12-16-20-31)44(7,8)28-35(43(4,5)6)32-21-23-33(24-22-32)46-40(48)38-25-34(47)26-39(51-38)41(49)50/h11-26,34-37,47H,27-29H2,1-10H3,(H,46,48)(H,49,50). The Labute approximate surface area is 306 Å². The number of carbonyl (C=O) groups is 2. The minimum atomic E-state index is -1.35. The van der Waals surface area contributed by atoms with Crippen LogP contribution in [0.4, 0.5) is 5.69 Å². The number of hydrogen-bond acceptors (Lipinski definition) is 4. The number of hydrogen-bond donors (Lipinski definition) is 3. The molecule has 3 aromatic carbocycles. The molecule has 6 heteroatoms. The van der Waals surface area contributed by atoms with Crippen LogP contribution in [0.5, 0.6) is 0 Å². The zero-order valence-corrected chi connectivity index (χ0v) is 32.3. The van der Waals surface area contributed by atoms with Gasteiger partial charge in [0, 0.05) is 5.69 Å². The second-order valence-corrected chi connectivity index (χ2v) is 18.0. The van der Waals surface area contributed by atoms with Crippen LogP contribution in [-0.4, -0.2) is 28.2 Å². The maximum absolute atomic E-state index is 12.9. The molecule has 3 N–H and O–H groups in total. The van der Waals surface area contributed by atoms with E-state index in [9.17, 15) is 19.8 Å². The molecule has 0 aromatic heterocycles. The van der Waals surface area contributed by atoms with Gasteiger partial charge in [0.25, 0.3) is 5.91 Å². The van der Waals surface area contributed by atoms with E-state index in [0.717, 1.165) is 25.3 Å². The number of aliphatic hydroxyl groups excluding tert-OH is 1. The summed E-state index contributed by atoms with van der Waals surface area (Å²) in [5.74, 6) is -1.81. The van der Waals surface area contributed by atoms with Gasteiger partial charge in [0.05, 0.1) is 6.10 Å². The number of carboxylic acid groups (broad SMARTS) is 1. The number of carbonyl (C=O) groups excluding carboxylic acids is 1. The van der Waals surface area contributed by atoms with Crippen molar-refractivity contribution in [3.05, 3.63) is 125 Å². The van der Waals surface area contributed by atoms with Gasteiger partial charge < -0.3 is 20.3 Å². The fourth-order valence-corrected chi connectivity index (χ4v) is 7.71. The summed E-state index contributed by atoms with van der Waals surface area (Å²) < 4.78 is 5.22. The summed E-state index contributed by atoms with van der Waals surface area (Å²) in [5, 5.41) is 22.1. The van der Waals surface area contributed by atoms with Crippen LogP contribution in [0, 0.1) is 21.7 Å². The SMILES string of the molecule is CC(C)(C)CC(c1ccccc1)C(C)(C)CC(c1ccccc1)C(C)(C)CC(c1ccc(NC(=O)C2=CC(O)C=C(C(=O)O)O2)cc1)C(C)(C)C. The topological polar surface area (TPSA) is 95.9 Å². The van der Waals surface area contributed by atoms with Gasteiger partial charge in [-0.1, -0.05) is 142 Å². The maximum Gasteiger partial charge on any atom is 0.371 e. The molecule has 0 fully saturated rings. The summed E-state index contributed by atoms with van der Waals surface area (Å²) in [6.07, 6.45) is 4.09. The van der Waals surface area contributed by atoms with Crippen molar-refractivity contribution in [3.63, 3.8) is 0 Å². The van der Waals surface area contributed by atoms with Gasteiger partial charge in [0.1, 0.15) is 0 Å². The van der Waals surface area contributed by atoms with E-state index >= 15 is 0 Å². The molecule has 1 amide bonds. The first-order chi connectivity index (χ1) is 23.7. The van der Waals surface area contributed by atoms with E-state index in [1.54, 1.807) is 0 Å². The fraction of sp³-hybridized carbons (Fsp3) is 0.467. The van der Waals surface area contributed by atoms with E-state index < -0.39 is 23.7 Å². The average molecular weight is 694 g/mol. The predicted molar refractivity (Wildman–Crippen MR) is 207 cm³/mol. The number of benzene rings is 3. The molecule has 4 unspecified atom stereocenters. The van der Waals surface area contributed by atoms with Gasteiger partial charge in [-0.15, -0.1) is 0 Å². The quantitative estimate of drug-likeness (QED) is 0.166. The van der Waals surface area contributed by atoms with Crippen molar-refractivity contribution in [2.75, 3.05) is 5.32 Å². The lowest BCUT2D eigenvalue weighted by Gasteiger charge is -2.47. The van der Waals surface area contributed by atoms with E-state index in [2.05, 4.69) is 147 Å². The van der Waals surface area contributed by atoms with Gasteiger partial charge in [-0.25, -0.2) is 4.79 Å². The van der Waals surface area contributed by atoms with Crippen molar-refractivity contribution in [1.29, 1.82) is 0 Å². The van der Waals surface area contributed by atoms with Crippen molar-refractivity contribution < 1.29 is 24.5 Å². The van der Waals surface area contributed by atoms with Crippen molar-refractivity contribution in [3.8, 4) is 0 Å². The molecule has 0 saturated carbocycles. The zero-order valence-electron chi connectivity index (χ0n) is 32.3. The zero-order chi connectivity index (χ0) is 37.8. The number of nitrogens with one attached hydrogen (secondary N) is 1. The van der Waals surface area contributed by atoms with E-state index in [4.69, 9.17) is 4.74 Å². The Kier molecular flexibility index (Phi) is 12.1. The highest BCUT2D eigenvalue weighted by Gasteiger charge is 2.43. The van der Waals surface area contributed by atoms with Crippen molar-refractivity contribution >= 4 is 17.6 Å². The number of anilines is 1. The lowest BCUT2D eigenvalue weighted by Crippen LogP contribution is -2.35. The number of ether oxygens (including phenoxy) is 1. The Morgan fingerprint density at radius 1 is 0.627 bits per heavy atom. The second-order valence-electron chi connectivity index (χ2n) is 18.0. The van der Waals surface area contributed by atoms with Gasteiger partial charge in [-0.05, 0) is 99.7 Å². The summed E-state index contributed by atoms with van der Waals surface area (Å²) in [7, 11) is 0. The van der Waals surface area contributed by atoms with Crippen molar-refractivity contribution in [1.82, 2.24) is 0 Å². The third kappa shape index (κ3) is 10.7. The van der Waals surface area contributed by atoms with Crippen LogP contribution in [0.15, 0.2) is 109 Å².